The van der Waals surface area contributed by atoms with E-state index in [9.17, 15) is 19.2 Å². The number of nitrogens with one attached hydrogen (secondary N) is 4. The van der Waals surface area contributed by atoms with Gasteiger partial charge in [0.1, 0.15) is 53.4 Å². The summed E-state index contributed by atoms with van der Waals surface area (Å²) in [6.45, 7) is 7.82. The summed E-state index contributed by atoms with van der Waals surface area (Å²) in [4.78, 5) is 70.5. The van der Waals surface area contributed by atoms with E-state index in [1.165, 1.54) is 36.3 Å². The Kier molecular flexibility index (Phi) is 15.4. The Morgan fingerprint density at radius 2 is 1.33 bits per heavy atom. The lowest BCUT2D eigenvalue weighted by atomic mass is 10.0. The number of likely N-dealkylation sites (tertiary alicyclic amines) is 2. The van der Waals surface area contributed by atoms with Gasteiger partial charge < -0.3 is 58.7 Å². The predicted octanol–water partition coefficient (Wildman–Crippen LogP) is 8.96. The van der Waals surface area contributed by atoms with Crippen LogP contribution in [0, 0.1) is 17.7 Å². The van der Waals surface area contributed by atoms with E-state index in [1.807, 2.05) is 53.1 Å². The third kappa shape index (κ3) is 10.7. The molecule has 18 nitrogen and oxygen atoms in total. The first-order valence-electron chi connectivity index (χ1n) is 25.1. The molecule has 3 aliphatic rings. The largest absolute Gasteiger partial charge is 0.494 e. The predicted molar refractivity (Wildman–Crippen MR) is 271 cm³/mol. The molecule has 0 saturated carbocycles. The van der Waals surface area contributed by atoms with Gasteiger partial charge in [-0.15, -0.1) is 0 Å². The molecule has 0 spiro atoms. The van der Waals surface area contributed by atoms with Gasteiger partial charge in [0.05, 0.1) is 86.6 Å². The Bertz CT molecular complexity index is 3070. The van der Waals surface area contributed by atoms with Gasteiger partial charge in [0, 0.05) is 48.6 Å². The number of carbonyl (C=O) groups excluding carboxylic acids is 4. The maximum atomic E-state index is 17.1. The number of halogens is 3. The summed E-state index contributed by atoms with van der Waals surface area (Å²) in [6.07, 6.45) is -0.301. The molecular weight excluding hydrogens is 976 g/mol. The molecule has 0 radical (unpaired) electrons. The number of rotatable bonds is 17. The van der Waals surface area contributed by atoms with Crippen LogP contribution in [-0.4, -0.2) is 130 Å². The highest BCUT2D eigenvalue weighted by molar-refractivity contribution is 5.93. The molecule has 21 heteroatoms. The average molecular weight is 1040 g/mol. The zero-order chi connectivity index (χ0) is 53.2. The monoisotopic (exact) mass is 1040 g/mol. The molecule has 9 rings (SSSR count). The van der Waals surface area contributed by atoms with E-state index < -0.39 is 72.6 Å². The van der Waals surface area contributed by atoms with Crippen molar-refractivity contribution in [2.75, 3.05) is 47.6 Å². The summed E-state index contributed by atoms with van der Waals surface area (Å²) in [5.41, 5.74) is 4.30. The number of hydrogen-bond donors (Lipinski definition) is 4. The van der Waals surface area contributed by atoms with E-state index in [4.69, 9.17) is 23.7 Å². The Morgan fingerprint density at radius 1 is 0.747 bits per heavy atom. The minimum Gasteiger partial charge on any atom is -0.494 e. The van der Waals surface area contributed by atoms with Crippen LogP contribution in [0.2, 0.25) is 0 Å². The van der Waals surface area contributed by atoms with Gasteiger partial charge >= 0.3 is 12.2 Å². The molecule has 3 aromatic carbocycles. The Balaban J connectivity index is 1.05. The number of H-pyrrole nitrogens is 2. The number of carbonyl (C=O) groups is 4. The van der Waals surface area contributed by atoms with Gasteiger partial charge in [-0.1, -0.05) is 45.9 Å². The van der Waals surface area contributed by atoms with Crippen LogP contribution in [0.3, 0.4) is 0 Å². The minimum atomic E-state index is -1.35. The van der Waals surface area contributed by atoms with Crippen LogP contribution in [0.25, 0.3) is 44.7 Å². The molecule has 4 N–H and O–H groups in total. The van der Waals surface area contributed by atoms with Crippen molar-refractivity contribution in [3.8, 4) is 45.3 Å². The van der Waals surface area contributed by atoms with Crippen molar-refractivity contribution in [2.45, 2.75) is 96.1 Å². The molecule has 3 aromatic heterocycles. The van der Waals surface area contributed by atoms with Crippen molar-refractivity contribution in [3.05, 3.63) is 96.1 Å². The molecule has 6 heterocycles. The first-order chi connectivity index (χ1) is 36.1. The van der Waals surface area contributed by atoms with Crippen molar-refractivity contribution >= 4 is 34.9 Å². The number of alkyl halides is 2. The fourth-order valence-electron chi connectivity index (χ4n) is 10.3. The van der Waals surface area contributed by atoms with Crippen molar-refractivity contribution in [2.24, 2.45) is 11.8 Å². The van der Waals surface area contributed by atoms with Crippen LogP contribution in [0.5, 0.6) is 11.5 Å². The van der Waals surface area contributed by atoms with Gasteiger partial charge in [0.15, 0.2) is 0 Å². The third-order valence-corrected chi connectivity index (χ3v) is 14.1. The SMILES string of the molecule is COCCCCOc1cccc(C2Oc3cc(-c4cnc([C@@H]5C[C@@H](F)CN5C(=O)[C@H](NC(=O)OC)C(C)C)[nH]4)cc(F)c3-c3cc4cc(-c5cnc([C@@H]6C[C@H](F)CN6C(=O)[C@H](NC(=O)OC)C(C)C)[nH]5)ccc4n32)c1. The lowest BCUT2D eigenvalue weighted by Crippen LogP contribution is -2.51. The summed E-state index contributed by atoms with van der Waals surface area (Å²) in [5.74, 6) is -0.622. The summed E-state index contributed by atoms with van der Waals surface area (Å²) < 4.78 is 77.0. The van der Waals surface area contributed by atoms with E-state index in [0.717, 1.165) is 34.9 Å². The van der Waals surface area contributed by atoms with E-state index in [-0.39, 0.29) is 49.1 Å². The summed E-state index contributed by atoms with van der Waals surface area (Å²) in [6, 6.07) is 14.8. The van der Waals surface area contributed by atoms with Crippen LogP contribution >= 0.6 is 0 Å². The number of hydrogen-bond acceptors (Lipinski definition) is 11. The number of benzene rings is 3. The first-order valence-corrected chi connectivity index (χ1v) is 25.1. The van der Waals surface area contributed by atoms with E-state index >= 15 is 13.2 Å². The molecule has 7 atom stereocenters. The molecule has 0 bridgehead atoms. The van der Waals surface area contributed by atoms with Crippen LogP contribution < -0.4 is 20.1 Å². The smallest absolute Gasteiger partial charge is 0.407 e. The van der Waals surface area contributed by atoms with Gasteiger partial charge in [-0.25, -0.2) is 32.7 Å². The molecule has 3 aliphatic heterocycles. The molecule has 0 aliphatic carbocycles. The Morgan fingerprint density at radius 3 is 1.91 bits per heavy atom. The average Bonchev–Trinajstić information content (AvgIpc) is 4.27. The second-order valence-electron chi connectivity index (χ2n) is 19.9. The molecular formula is C54H62F3N9O9. The molecule has 1 unspecified atom stereocenters. The van der Waals surface area contributed by atoms with Crippen molar-refractivity contribution in [1.82, 2.24) is 44.9 Å². The number of aromatic nitrogens is 5. The van der Waals surface area contributed by atoms with E-state index in [2.05, 4.69) is 30.6 Å². The van der Waals surface area contributed by atoms with Gasteiger partial charge in [-0.3, -0.25) is 9.59 Å². The first kappa shape index (κ1) is 52.3. The van der Waals surface area contributed by atoms with E-state index in [0.29, 0.717) is 53.3 Å². The van der Waals surface area contributed by atoms with E-state index in [1.54, 1.807) is 47.1 Å². The number of nitrogens with zero attached hydrogens (tertiary/aromatic N) is 5. The lowest BCUT2D eigenvalue weighted by molar-refractivity contribution is -0.136. The number of imidazole rings is 2. The minimum absolute atomic E-state index is 0.0127. The molecule has 2 saturated heterocycles. The fourth-order valence-corrected chi connectivity index (χ4v) is 10.3. The Labute approximate surface area is 431 Å². The second-order valence-corrected chi connectivity index (χ2v) is 19.9. The standard InChI is InChI=1S/C54H62F3N9O9/c1-28(2)46(62-53(69)72-6)50(67)64-26-34(55)22-42(64)48-58-24-38(60-48)30-13-14-40-33(17-30)20-41-45-37(57)19-32(21-44(45)75-52(66(40)41)31-11-10-12-36(18-31)74-16-9-8-15-71-5)39-25-59-49(61-39)43-23-35(56)27-65(43)51(68)47(29(3)4)63-54(70)73-7/h10-14,17-21,24-25,28-29,34-35,42-43,46-47,52H,8-9,15-16,22-23,26-27H2,1-7H3,(H,58,60)(H,59,61)(H,62,69)(H,63,70)/t34-,35+,42-,43-,46+,47+,52?/m0/s1. The molecule has 6 aromatic rings. The quantitative estimate of drug-likeness (QED) is 0.0634. The zero-order valence-corrected chi connectivity index (χ0v) is 42.8. The van der Waals surface area contributed by atoms with Crippen molar-refractivity contribution in [3.63, 3.8) is 0 Å². The topological polar surface area (TPSA) is 207 Å². The number of ether oxygens (including phenoxy) is 5. The van der Waals surface area contributed by atoms with Gasteiger partial charge in [0.25, 0.3) is 0 Å². The number of amides is 4. The number of methoxy groups -OCH3 is 3. The second kappa shape index (κ2) is 22.1. The number of alkyl carbamates (subject to hydrolysis) is 2. The Hall–Kier alpha value is -7.55. The summed E-state index contributed by atoms with van der Waals surface area (Å²) in [5, 5.41) is 5.90. The van der Waals surface area contributed by atoms with Gasteiger partial charge in [0.2, 0.25) is 18.0 Å². The van der Waals surface area contributed by atoms with Crippen LogP contribution in [0.15, 0.2) is 73.1 Å². The zero-order valence-electron chi connectivity index (χ0n) is 42.8. The highest BCUT2D eigenvalue weighted by Gasteiger charge is 2.44. The summed E-state index contributed by atoms with van der Waals surface area (Å²) in [7, 11) is 4.06. The third-order valence-electron chi connectivity index (χ3n) is 14.1. The molecule has 398 valence electrons. The normalized spacial score (nSPS) is 19.9. The van der Waals surface area contributed by atoms with Crippen molar-refractivity contribution < 1.29 is 56.0 Å². The van der Waals surface area contributed by atoms with Crippen LogP contribution in [-0.2, 0) is 23.8 Å². The highest BCUT2D eigenvalue weighted by atomic mass is 19.1. The maximum absolute atomic E-state index is 17.1. The summed E-state index contributed by atoms with van der Waals surface area (Å²) >= 11 is 0. The van der Waals surface area contributed by atoms with Crippen LogP contribution in [0.1, 0.15) is 88.9 Å². The van der Waals surface area contributed by atoms with Gasteiger partial charge in [-0.05, 0) is 67.1 Å². The maximum Gasteiger partial charge on any atom is 0.407 e. The highest BCUT2D eigenvalue weighted by Crippen LogP contribution is 2.48. The molecule has 75 heavy (non-hydrogen) atoms. The molecule has 4 amide bonds. The number of aromatic amines is 2. The number of unbranched alkanes of at least 4 members (excludes halogenated alkanes) is 1. The van der Waals surface area contributed by atoms with Crippen molar-refractivity contribution in [1.29, 1.82) is 0 Å². The van der Waals surface area contributed by atoms with Gasteiger partial charge in [-0.2, -0.15) is 0 Å². The molecule has 2 fully saturated rings. The lowest BCUT2D eigenvalue weighted by Gasteiger charge is -2.31. The number of fused-ring (bicyclic) bond motifs is 5. The fraction of sp³-hybridized carbons (Fsp3) is 0.444. The van der Waals surface area contributed by atoms with Crippen LogP contribution in [0.4, 0.5) is 22.8 Å².